The highest BCUT2D eigenvalue weighted by atomic mass is 32.2. The van der Waals surface area contributed by atoms with Gasteiger partial charge >= 0.3 is 6.18 Å². The van der Waals surface area contributed by atoms with Gasteiger partial charge in [-0.2, -0.15) is 13.2 Å². The molecule has 1 aromatic rings. The number of anilines is 1. The summed E-state index contributed by atoms with van der Waals surface area (Å²) in [5.41, 5.74) is 2.51. The van der Waals surface area contributed by atoms with Crippen LogP contribution in [0.1, 0.15) is 37.3 Å². The van der Waals surface area contributed by atoms with Crippen molar-refractivity contribution in [3.63, 3.8) is 0 Å². The molecule has 0 saturated heterocycles. The zero-order valence-corrected chi connectivity index (χ0v) is 14.7. The van der Waals surface area contributed by atoms with Crippen LogP contribution in [0.3, 0.4) is 0 Å². The molecule has 0 radical (unpaired) electrons. The highest BCUT2D eigenvalue weighted by molar-refractivity contribution is 7.89. The summed E-state index contributed by atoms with van der Waals surface area (Å²) in [6.07, 6.45) is -4.93. The maximum atomic E-state index is 12.1. The van der Waals surface area contributed by atoms with E-state index in [0.717, 1.165) is 11.3 Å². The molecule has 0 aliphatic carbocycles. The van der Waals surface area contributed by atoms with Crippen LogP contribution in [-0.4, -0.2) is 32.8 Å². The molecule has 5 nitrogen and oxygen atoms in total. The molecule has 1 aromatic carbocycles. The van der Waals surface area contributed by atoms with Crippen molar-refractivity contribution in [3.8, 4) is 0 Å². The van der Waals surface area contributed by atoms with Gasteiger partial charge in [0.05, 0.1) is 5.75 Å². The first-order valence-electron chi connectivity index (χ1n) is 8.07. The zero-order chi connectivity index (χ0) is 18.7. The topological polar surface area (TPSA) is 66.5 Å². The Bertz CT molecular complexity index is 733. The van der Waals surface area contributed by atoms with Crippen molar-refractivity contribution in [2.45, 2.75) is 45.3 Å². The standard InChI is InChI=1S/C16H21F3N2O3S/c1-2-21-14-6-4-12(10-13(14)5-7-15(21)22)11-20-25(23,24)9-3-8-16(17,18)19/h4,6,10,20H,2-3,5,7-9,11H2,1H3. The Labute approximate surface area is 145 Å². The number of halogens is 3. The Morgan fingerprint density at radius 2 is 1.96 bits per heavy atom. The summed E-state index contributed by atoms with van der Waals surface area (Å²) in [6, 6.07) is 5.34. The maximum absolute atomic E-state index is 12.1. The smallest absolute Gasteiger partial charge is 0.312 e. The van der Waals surface area contributed by atoms with Gasteiger partial charge in [0.2, 0.25) is 15.9 Å². The second-order valence-electron chi connectivity index (χ2n) is 5.96. The summed E-state index contributed by atoms with van der Waals surface area (Å²) in [5.74, 6) is -0.497. The van der Waals surface area contributed by atoms with Gasteiger partial charge in [-0.05, 0) is 37.0 Å². The van der Waals surface area contributed by atoms with Crippen LogP contribution in [0.4, 0.5) is 18.9 Å². The summed E-state index contributed by atoms with van der Waals surface area (Å²) >= 11 is 0. The van der Waals surface area contributed by atoms with Gasteiger partial charge in [0.15, 0.2) is 0 Å². The molecule has 140 valence electrons. The quantitative estimate of drug-likeness (QED) is 0.793. The van der Waals surface area contributed by atoms with E-state index in [1.54, 1.807) is 17.0 Å². The minimum atomic E-state index is -4.35. The highest BCUT2D eigenvalue weighted by Crippen LogP contribution is 2.28. The number of rotatable bonds is 7. The summed E-state index contributed by atoms with van der Waals surface area (Å²) in [4.78, 5) is 13.5. The molecule has 0 unspecified atom stereocenters. The minimum Gasteiger partial charge on any atom is -0.312 e. The van der Waals surface area contributed by atoms with Crippen molar-refractivity contribution >= 4 is 21.6 Å². The van der Waals surface area contributed by atoms with Gasteiger partial charge in [0, 0.05) is 31.6 Å². The average Bonchev–Trinajstić information content (AvgIpc) is 2.51. The van der Waals surface area contributed by atoms with Crippen molar-refractivity contribution in [2.75, 3.05) is 17.2 Å². The third-order valence-corrected chi connectivity index (χ3v) is 5.44. The van der Waals surface area contributed by atoms with Crippen LogP contribution in [0.25, 0.3) is 0 Å². The third-order valence-electron chi connectivity index (χ3n) is 4.03. The predicted octanol–water partition coefficient (Wildman–Crippen LogP) is 2.75. The number of hydrogen-bond donors (Lipinski definition) is 1. The zero-order valence-electron chi connectivity index (χ0n) is 13.9. The summed E-state index contributed by atoms with van der Waals surface area (Å²) < 4.78 is 62.2. The van der Waals surface area contributed by atoms with Crippen LogP contribution in [0.2, 0.25) is 0 Å². The van der Waals surface area contributed by atoms with E-state index in [0.29, 0.717) is 24.9 Å². The Morgan fingerprint density at radius 1 is 1.24 bits per heavy atom. The number of carbonyl (C=O) groups excluding carboxylic acids is 1. The number of amides is 1. The number of aryl methyl sites for hydroxylation is 1. The molecule has 9 heteroatoms. The number of alkyl halides is 3. The lowest BCUT2D eigenvalue weighted by atomic mass is 9.99. The van der Waals surface area contributed by atoms with Gasteiger partial charge in [0.1, 0.15) is 0 Å². The van der Waals surface area contributed by atoms with Crippen molar-refractivity contribution in [1.82, 2.24) is 4.72 Å². The molecule has 1 heterocycles. The van der Waals surface area contributed by atoms with Crippen LogP contribution in [-0.2, 0) is 27.8 Å². The molecule has 1 N–H and O–H groups in total. The first-order valence-corrected chi connectivity index (χ1v) is 9.73. The van der Waals surface area contributed by atoms with Crippen LogP contribution in [0.15, 0.2) is 18.2 Å². The Kier molecular flexibility index (Phi) is 6.10. The lowest BCUT2D eigenvalue weighted by Crippen LogP contribution is -2.35. The molecule has 0 fully saturated rings. The second-order valence-corrected chi connectivity index (χ2v) is 7.89. The molecule has 2 rings (SSSR count). The van der Waals surface area contributed by atoms with Crippen LogP contribution >= 0.6 is 0 Å². The van der Waals surface area contributed by atoms with E-state index in [-0.39, 0.29) is 12.5 Å². The molecule has 0 bridgehead atoms. The monoisotopic (exact) mass is 378 g/mol. The van der Waals surface area contributed by atoms with Gasteiger partial charge in [-0.3, -0.25) is 4.79 Å². The van der Waals surface area contributed by atoms with E-state index in [1.165, 1.54) is 0 Å². The van der Waals surface area contributed by atoms with Gasteiger partial charge in [0.25, 0.3) is 0 Å². The first kappa shape index (κ1) is 19.7. The predicted molar refractivity (Wildman–Crippen MR) is 88.7 cm³/mol. The normalized spacial score (nSPS) is 15.4. The van der Waals surface area contributed by atoms with Crippen LogP contribution in [0, 0.1) is 0 Å². The van der Waals surface area contributed by atoms with Crippen molar-refractivity contribution in [3.05, 3.63) is 29.3 Å². The lowest BCUT2D eigenvalue weighted by molar-refractivity contribution is -0.134. The molecule has 0 saturated carbocycles. The number of carbonyl (C=O) groups is 1. The van der Waals surface area contributed by atoms with Crippen molar-refractivity contribution in [1.29, 1.82) is 0 Å². The molecular weight excluding hydrogens is 357 g/mol. The Hall–Kier alpha value is -1.61. The summed E-state index contributed by atoms with van der Waals surface area (Å²) in [5, 5.41) is 0. The van der Waals surface area contributed by atoms with E-state index in [2.05, 4.69) is 4.72 Å². The van der Waals surface area contributed by atoms with Gasteiger partial charge in [-0.1, -0.05) is 12.1 Å². The first-order chi connectivity index (χ1) is 11.6. The van der Waals surface area contributed by atoms with E-state index in [4.69, 9.17) is 0 Å². The minimum absolute atomic E-state index is 0.0156. The number of fused-ring (bicyclic) bond motifs is 1. The fourth-order valence-corrected chi connectivity index (χ4v) is 3.85. The molecule has 1 aliphatic rings. The van der Waals surface area contributed by atoms with Crippen LogP contribution in [0.5, 0.6) is 0 Å². The molecular formula is C16H21F3N2O3S. The fourth-order valence-electron chi connectivity index (χ4n) is 2.80. The molecule has 0 atom stereocenters. The number of hydrogen-bond acceptors (Lipinski definition) is 3. The fraction of sp³-hybridized carbons (Fsp3) is 0.562. The summed E-state index contributed by atoms with van der Waals surface area (Å²) in [6.45, 7) is 2.47. The number of sulfonamides is 1. The Balaban J connectivity index is 1.96. The molecule has 0 spiro atoms. The number of nitrogens with zero attached hydrogens (tertiary/aromatic N) is 1. The maximum Gasteiger partial charge on any atom is 0.389 e. The molecule has 1 amide bonds. The SMILES string of the molecule is CCN1C(=O)CCc2cc(CNS(=O)(=O)CCCC(F)(F)F)ccc21. The number of nitrogens with one attached hydrogen (secondary N) is 1. The van der Waals surface area contributed by atoms with Crippen molar-refractivity contribution in [2.24, 2.45) is 0 Å². The van der Waals surface area contributed by atoms with E-state index < -0.39 is 34.8 Å². The van der Waals surface area contributed by atoms with Gasteiger partial charge in [-0.15, -0.1) is 0 Å². The molecule has 0 aromatic heterocycles. The highest BCUT2D eigenvalue weighted by Gasteiger charge is 2.27. The molecule has 25 heavy (non-hydrogen) atoms. The largest absolute Gasteiger partial charge is 0.389 e. The van der Waals surface area contributed by atoms with Crippen LogP contribution < -0.4 is 9.62 Å². The van der Waals surface area contributed by atoms with Gasteiger partial charge < -0.3 is 4.90 Å². The second kappa shape index (κ2) is 7.74. The molecule has 1 aliphatic heterocycles. The average molecular weight is 378 g/mol. The van der Waals surface area contributed by atoms with E-state index in [9.17, 15) is 26.4 Å². The number of benzene rings is 1. The van der Waals surface area contributed by atoms with E-state index in [1.807, 2.05) is 13.0 Å². The Morgan fingerprint density at radius 3 is 2.60 bits per heavy atom. The third kappa shape index (κ3) is 5.71. The van der Waals surface area contributed by atoms with Gasteiger partial charge in [-0.25, -0.2) is 13.1 Å². The summed E-state index contributed by atoms with van der Waals surface area (Å²) in [7, 11) is -3.76. The lowest BCUT2D eigenvalue weighted by Gasteiger charge is -2.28. The van der Waals surface area contributed by atoms with Crippen molar-refractivity contribution < 1.29 is 26.4 Å². The van der Waals surface area contributed by atoms with E-state index >= 15 is 0 Å².